The molecular formula is C20H27ClIN3O3. The number of aliphatic imine (C=N–C) groups is 1. The maximum absolute atomic E-state index is 10.0. The number of benzene rings is 2. The molecule has 8 heteroatoms. The molecule has 0 heterocycles. The predicted octanol–water partition coefficient (Wildman–Crippen LogP) is 3.63. The molecule has 0 radical (unpaired) electrons. The van der Waals surface area contributed by atoms with Crippen LogP contribution in [0.25, 0.3) is 0 Å². The molecule has 0 saturated carbocycles. The lowest BCUT2D eigenvalue weighted by molar-refractivity contribution is 0.406. The van der Waals surface area contributed by atoms with Gasteiger partial charge >= 0.3 is 0 Å². The average Bonchev–Trinajstić information content (AvgIpc) is 2.68. The lowest BCUT2D eigenvalue weighted by Gasteiger charge is -2.13. The highest BCUT2D eigenvalue weighted by Gasteiger charge is 2.05. The molecule has 2 aromatic rings. The zero-order valence-electron chi connectivity index (χ0n) is 16.3. The van der Waals surface area contributed by atoms with Crippen molar-refractivity contribution in [3.63, 3.8) is 0 Å². The van der Waals surface area contributed by atoms with Gasteiger partial charge in [0.15, 0.2) is 5.96 Å². The highest BCUT2D eigenvalue weighted by molar-refractivity contribution is 14.0. The van der Waals surface area contributed by atoms with Crippen molar-refractivity contribution >= 4 is 41.5 Å². The number of halogens is 2. The molecule has 154 valence electrons. The molecule has 6 nitrogen and oxygen atoms in total. The summed E-state index contributed by atoms with van der Waals surface area (Å²) in [6, 6.07) is 11.0. The first-order valence-corrected chi connectivity index (χ1v) is 9.08. The Morgan fingerprint density at radius 3 is 2.00 bits per heavy atom. The van der Waals surface area contributed by atoms with Crippen LogP contribution in [0.4, 0.5) is 0 Å². The second-order valence-electron chi connectivity index (χ2n) is 5.88. The van der Waals surface area contributed by atoms with Crippen molar-refractivity contribution < 1.29 is 14.6 Å². The molecule has 0 amide bonds. The molecule has 28 heavy (non-hydrogen) atoms. The quantitative estimate of drug-likeness (QED) is 0.282. The van der Waals surface area contributed by atoms with E-state index in [9.17, 15) is 5.11 Å². The van der Waals surface area contributed by atoms with Crippen LogP contribution in [-0.4, -0.2) is 45.4 Å². The van der Waals surface area contributed by atoms with Crippen molar-refractivity contribution in [3.05, 3.63) is 52.5 Å². The Kier molecular flexibility index (Phi) is 10.8. The minimum atomic E-state index is 0. The normalized spacial score (nSPS) is 10.8. The van der Waals surface area contributed by atoms with E-state index in [1.807, 2.05) is 30.3 Å². The summed E-state index contributed by atoms with van der Waals surface area (Å²) in [7, 11) is 4.92. The summed E-state index contributed by atoms with van der Waals surface area (Å²) in [5.41, 5.74) is 1.90. The van der Waals surface area contributed by atoms with Crippen molar-refractivity contribution in [2.24, 2.45) is 4.99 Å². The van der Waals surface area contributed by atoms with Crippen LogP contribution in [0.5, 0.6) is 17.2 Å². The van der Waals surface area contributed by atoms with Crippen LogP contribution in [0, 0.1) is 0 Å². The second-order valence-corrected chi connectivity index (χ2v) is 6.28. The van der Waals surface area contributed by atoms with E-state index in [1.54, 1.807) is 27.3 Å². The summed E-state index contributed by atoms with van der Waals surface area (Å²) >= 11 is 6.26. The smallest absolute Gasteiger partial charge is 0.190 e. The Morgan fingerprint density at radius 2 is 1.50 bits per heavy atom. The largest absolute Gasteiger partial charge is 0.508 e. The molecule has 0 atom stereocenters. The summed E-state index contributed by atoms with van der Waals surface area (Å²) in [6.07, 6.45) is 1.43. The third-order valence-corrected chi connectivity index (χ3v) is 4.50. The molecule has 0 saturated heterocycles. The van der Waals surface area contributed by atoms with Gasteiger partial charge in [0.05, 0.1) is 14.2 Å². The van der Waals surface area contributed by atoms with E-state index in [2.05, 4.69) is 15.6 Å². The second kappa shape index (κ2) is 12.6. The van der Waals surface area contributed by atoms with Crippen molar-refractivity contribution in [2.75, 3.05) is 34.4 Å². The van der Waals surface area contributed by atoms with Crippen LogP contribution in [0.3, 0.4) is 0 Å². The van der Waals surface area contributed by atoms with E-state index >= 15 is 0 Å². The van der Waals surface area contributed by atoms with E-state index in [-0.39, 0.29) is 29.7 Å². The number of nitrogens with zero attached hydrogens (tertiary/aromatic N) is 1. The number of hydrogen-bond donors (Lipinski definition) is 3. The lowest BCUT2D eigenvalue weighted by Crippen LogP contribution is -2.39. The molecule has 0 aliphatic carbocycles. The van der Waals surface area contributed by atoms with E-state index < -0.39 is 0 Å². The van der Waals surface area contributed by atoms with Gasteiger partial charge in [0, 0.05) is 31.2 Å². The fourth-order valence-corrected chi connectivity index (χ4v) is 2.86. The maximum atomic E-state index is 10.0. The van der Waals surface area contributed by atoms with Gasteiger partial charge in [-0.25, -0.2) is 0 Å². The Labute approximate surface area is 188 Å². The Morgan fingerprint density at radius 1 is 0.964 bits per heavy atom. The standard InChI is InChI=1S/C20H26ClN3O3.HI/c1-22-20(23-10-8-14-4-6-16(26-2)12-18(14)21)24-11-9-15-5-7-17(27-3)13-19(15)25;/h4-7,12-13,25H,8-11H2,1-3H3,(H2,22,23,24);1H. The maximum Gasteiger partial charge on any atom is 0.190 e. The number of methoxy groups -OCH3 is 2. The van der Waals surface area contributed by atoms with Gasteiger partial charge in [-0.1, -0.05) is 23.7 Å². The first kappa shape index (κ1) is 24.2. The van der Waals surface area contributed by atoms with Gasteiger partial charge < -0.3 is 25.2 Å². The van der Waals surface area contributed by atoms with Gasteiger partial charge in [0.2, 0.25) is 0 Å². The van der Waals surface area contributed by atoms with Crippen molar-refractivity contribution in [2.45, 2.75) is 12.8 Å². The first-order chi connectivity index (χ1) is 13.1. The van der Waals surface area contributed by atoms with Gasteiger partial charge in [0.25, 0.3) is 0 Å². The molecule has 0 aliphatic heterocycles. The van der Waals surface area contributed by atoms with E-state index in [4.69, 9.17) is 21.1 Å². The summed E-state index contributed by atoms with van der Waals surface area (Å²) in [5, 5.41) is 17.2. The number of phenolic OH excluding ortho intramolecular Hbond substituents is 1. The number of hydrogen-bond acceptors (Lipinski definition) is 4. The summed E-state index contributed by atoms with van der Waals surface area (Å²) in [6.45, 7) is 1.34. The number of ether oxygens (including phenoxy) is 2. The SMILES string of the molecule is CN=C(NCCc1ccc(OC)cc1O)NCCc1ccc(OC)cc1Cl.I. The van der Waals surface area contributed by atoms with Crippen molar-refractivity contribution in [3.8, 4) is 17.2 Å². The van der Waals surface area contributed by atoms with Crippen molar-refractivity contribution in [1.82, 2.24) is 10.6 Å². The summed E-state index contributed by atoms with van der Waals surface area (Å²) in [5.74, 6) is 2.32. The third-order valence-electron chi connectivity index (χ3n) is 4.15. The molecule has 0 bridgehead atoms. The van der Waals surface area contributed by atoms with Gasteiger partial charge in [-0.2, -0.15) is 0 Å². The number of aromatic hydroxyl groups is 1. The van der Waals surface area contributed by atoms with E-state index in [0.29, 0.717) is 36.2 Å². The van der Waals surface area contributed by atoms with Gasteiger partial charge in [-0.05, 0) is 42.2 Å². The Balaban J connectivity index is 0.00000392. The highest BCUT2D eigenvalue weighted by Crippen LogP contribution is 2.24. The zero-order chi connectivity index (χ0) is 19.6. The molecular weight excluding hydrogens is 493 g/mol. The van der Waals surface area contributed by atoms with Crippen LogP contribution in [0.1, 0.15) is 11.1 Å². The molecule has 0 aromatic heterocycles. The Bertz CT molecular complexity index is 726. The van der Waals surface area contributed by atoms with Crippen LogP contribution in [0.15, 0.2) is 41.4 Å². The van der Waals surface area contributed by atoms with E-state index in [0.717, 1.165) is 23.3 Å². The molecule has 0 unspecified atom stereocenters. The van der Waals surface area contributed by atoms with Gasteiger partial charge in [-0.3, -0.25) is 4.99 Å². The number of phenols is 1. The minimum Gasteiger partial charge on any atom is -0.508 e. The highest BCUT2D eigenvalue weighted by atomic mass is 127. The molecule has 0 spiro atoms. The van der Waals surface area contributed by atoms with Crippen LogP contribution >= 0.6 is 35.6 Å². The number of guanidine groups is 1. The lowest BCUT2D eigenvalue weighted by atomic mass is 10.1. The predicted molar refractivity (Wildman–Crippen MR) is 125 cm³/mol. The fourth-order valence-electron chi connectivity index (χ4n) is 2.59. The molecule has 2 aromatic carbocycles. The van der Waals surface area contributed by atoms with Crippen molar-refractivity contribution in [1.29, 1.82) is 0 Å². The first-order valence-electron chi connectivity index (χ1n) is 8.70. The Hall–Kier alpha value is -1.87. The molecule has 0 aliphatic rings. The van der Waals surface area contributed by atoms with Crippen LogP contribution in [-0.2, 0) is 12.8 Å². The van der Waals surface area contributed by atoms with Gasteiger partial charge in [-0.15, -0.1) is 24.0 Å². The number of nitrogens with one attached hydrogen (secondary N) is 2. The van der Waals surface area contributed by atoms with Crippen LogP contribution in [0.2, 0.25) is 5.02 Å². The van der Waals surface area contributed by atoms with E-state index in [1.165, 1.54) is 0 Å². The van der Waals surface area contributed by atoms with Crippen LogP contribution < -0.4 is 20.1 Å². The fraction of sp³-hybridized carbons (Fsp3) is 0.350. The van der Waals surface area contributed by atoms with Gasteiger partial charge in [0.1, 0.15) is 17.2 Å². The summed E-state index contributed by atoms with van der Waals surface area (Å²) < 4.78 is 10.2. The summed E-state index contributed by atoms with van der Waals surface area (Å²) in [4.78, 5) is 4.21. The third kappa shape index (κ3) is 7.27. The monoisotopic (exact) mass is 519 g/mol. The molecule has 3 N–H and O–H groups in total. The minimum absolute atomic E-state index is 0. The number of rotatable bonds is 8. The zero-order valence-corrected chi connectivity index (χ0v) is 19.4. The molecule has 2 rings (SSSR count). The molecule has 0 fully saturated rings. The average molecular weight is 520 g/mol. The topological polar surface area (TPSA) is 75.1 Å².